The highest BCUT2D eigenvalue weighted by atomic mass is 16.5. The van der Waals surface area contributed by atoms with Gasteiger partial charge >= 0.3 is 0 Å². The Kier molecular flexibility index (Phi) is 5.59. The molecule has 3 rings (SSSR count). The molecule has 6 nitrogen and oxygen atoms in total. The zero-order valence-electron chi connectivity index (χ0n) is 16.2. The van der Waals surface area contributed by atoms with E-state index in [1.807, 2.05) is 12.1 Å². The molecule has 28 heavy (non-hydrogen) atoms. The molecule has 0 atom stereocenters. The maximum absolute atomic E-state index is 13.3. The van der Waals surface area contributed by atoms with Crippen LogP contribution in [0.5, 0.6) is 17.2 Å². The van der Waals surface area contributed by atoms with Crippen molar-refractivity contribution >= 4 is 17.3 Å². The molecule has 0 aliphatic carbocycles. The molecule has 0 bridgehead atoms. The molecule has 0 spiro atoms. The minimum Gasteiger partial charge on any atom is -0.493 e. The monoisotopic (exact) mass is 379 g/mol. The summed E-state index contributed by atoms with van der Waals surface area (Å²) in [7, 11) is 4.46. The Balaban J connectivity index is 2.13. The maximum atomic E-state index is 13.3. The van der Waals surface area contributed by atoms with Crippen LogP contribution < -0.4 is 14.2 Å². The van der Waals surface area contributed by atoms with Gasteiger partial charge in [0, 0.05) is 29.3 Å². The minimum absolute atomic E-state index is 0.186. The SMILES string of the molecule is COc1cc(C(=O)c2cc(C3=NC=CC3)ccc2C(C)=O)cc(OC)c1OC. The van der Waals surface area contributed by atoms with Crippen molar-refractivity contribution in [1.29, 1.82) is 0 Å². The van der Waals surface area contributed by atoms with Crippen LogP contribution in [0.3, 0.4) is 0 Å². The highest BCUT2D eigenvalue weighted by Crippen LogP contribution is 2.39. The highest BCUT2D eigenvalue weighted by Gasteiger charge is 2.22. The first-order valence-electron chi connectivity index (χ1n) is 8.72. The summed E-state index contributed by atoms with van der Waals surface area (Å²) in [6, 6.07) is 8.36. The summed E-state index contributed by atoms with van der Waals surface area (Å²) in [6.45, 7) is 1.44. The number of aliphatic imine (C=N–C) groups is 1. The standard InChI is InChI=1S/C22H21NO5/c1-13(24)16-8-7-14(18-6-5-9-23-18)10-17(16)21(25)15-11-19(26-2)22(28-4)20(12-15)27-3/h5,7-12H,6H2,1-4H3. The second kappa shape index (κ2) is 8.08. The summed E-state index contributed by atoms with van der Waals surface area (Å²) in [5, 5.41) is 0. The van der Waals surface area contributed by atoms with Gasteiger partial charge in [-0.05, 0) is 30.7 Å². The molecule has 0 N–H and O–H groups in total. The van der Waals surface area contributed by atoms with Crippen LogP contribution in [-0.2, 0) is 0 Å². The van der Waals surface area contributed by atoms with Crippen molar-refractivity contribution in [3.8, 4) is 17.2 Å². The number of ketones is 2. The summed E-state index contributed by atoms with van der Waals surface area (Å²) in [4.78, 5) is 29.7. The average Bonchev–Trinajstić information content (AvgIpc) is 3.26. The van der Waals surface area contributed by atoms with E-state index < -0.39 is 0 Å². The first kappa shape index (κ1) is 19.4. The largest absolute Gasteiger partial charge is 0.493 e. The second-order valence-corrected chi connectivity index (χ2v) is 6.22. The number of allylic oxidation sites excluding steroid dienone is 1. The Morgan fingerprint density at radius 1 is 0.929 bits per heavy atom. The summed E-state index contributed by atoms with van der Waals surface area (Å²) in [5.74, 6) is 0.644. The van der Waals surface area contributed by atoms with Gasteiger partial charge < -0.3 is 14.2 Å². The molecule has 0 radical (unpaired) electrons. The number of rotatable bonds is 7. The fourth-order valence-corrected chi connectivity index (χ4v) is 3.14. The van der Waals surface area contributed by atoms with E-state index >= 15 is 0 Å². The zero-order chi connectivity index (χ0) is 20.3. The third-order valence-corrected chi connectivity index (χ3v) is 4.55. The summed E-state index contributed by atoms with van der Waals surface area (Å²) in [6.07, 6.45) is 4.36. The maximum Gasteiger partial charge on any atom is 0.203 e. The minimum atomic E-state index is -0.308. The Morgan fingerprint density at radius 3 is 2.11 bits per heavy atom. The molecule has 2 aromatic carbocycles. The van der Waals surface area contributed by atoms with Gasteiger partial charge in [-0.3, -0.25) is 14.6 Å². The lowest BCUT2D eigenvalue weighted by Crippen LogP contribution is -2.11. The van der Waals surface area contributed by atoms with Crippen LogP contribution in [0, 0.1) is 0 Å². The van der Waals surface area contributed by atoms with E-state index in [0.29, 0.717) is 40.4 Å². The van der Waals surface area contributed by atoms with Gasteiger partial charge in [0.2, 0.25) is 5.75 Å². The van der Waals surface area contributed by atoms with E-state index in [2.05, 4.69) is 4.99 Å². The van der Waals surface area contributed by atoms with Crippen LogP contribution >= 0.6 is 0 Å². The molecule has 1 aliphatic heterocycles. The first-order chi connectivity index (χ1) is 13.5. The van der Waals surface area contributed by atoms with Gasteiger partial charge in [0.25, 0.3) is 0 Å². The van der Waals surface area contributed by atoms with E-state index in [4.69, 9.17) is 14.2 Å². The topological polar surface area (TPSA) is 74.2 Å². The number of carbonyl (C=O) groups is 2. The van der Waals surface area contributed by atoms with Crippen LogP contribution in [0.15, 0.2) is 47.6 Å². The molecule has 0 aromatic heterocycles. The number of nitrogens with zero attached hydrogens (tertiary/aromatic N) is 1. The van der Waals surface area contributed by atoms with E-state index in [1.165, 1.54) is 28.3 Å². The van der Waals surface area contributed by atoms with Crippen molar-refractivity contribution in [3.63, 3.8) is 0 Å². The fraction of sp³-hybridized carbons (Fsp3) is 0.227. The van der Waals surface area contributed by atoms with Gasteiger partial charge in [-0.15, -0.1) is 0 Å². The van der Waals surface area contributed by atoms with E-state index in [0.717, 1.165) is 11.3 Å². The van der Waals surface area contributed by atoms with Crippen LogP contribution in [0.1, 0.15) is 45.2 Å². The second-order valence-electron chi connectivity index (χ2n) is 6.22. The molecule has 1 heterocycles. The normalized spacial score (nSPS) is 12.5. The van der Waals surface area contributed by atoms with Crippen molar-refractivity contribution in [1.82, 2.24) is 0 Å². The molecule has 144 valence electrons. The molecule has 0 saturated heterocycles. The third-order valence-electron chi connectivity index (χ3n) is 4.55. The Bertz CT molecular complexity index is 979. The number of methoxy groups -OCH3 is 3. The fourth-order valence-electron chi connectivity index (χ4n) is 3.14. The number of ether oxygens (including phenoxy) is 3. The highest BCUT2D eigenvalue weighted by molar-refractivity contribution is 6.17. The van der Waals surface area contributed by atoms with Gasteiger partial charge in [0.05, 0.1) is 27.0 Å². The third kappa shape index (κ3) is 3.53. The lowest BCUT2D eigenvalue weighted by molar-refractivity contribution is 0.0990. The van der Waals surface area contributed by atoms with E-state index in [-0.39, 0.29) is 11.6 Å². The molecule has 0 amide bonds. The molecule has 1 aliphatic rings. The van der Waals surface area contributed by atoms with Crippen LogP contribution in [0.4, 0.5) is 0 Å². The van der Waals surface area contributed by atoms with E-state index in [9.17, 15) is 9.59 Å². The van der Waals surface area contributed by atoms with Gasteiger partial charge in [0.1, 0.15) is 0 Å². The number of hydrogen-bond acceptors (Lipinski definition) is 6. The van der Waals surface area contributed by atoms with Crippen molar-refractivity contribution < 1.29 is 23.8 Å². The summed E-state index contributed by atoms with van der Waals surface area (Å²) < 4.78 is 16.0. The average molecular weight is 379 g/mol. The Labute approximate surface area is 163 Å². The van der Waals surface area contributed by atoms with Crippen LogP contribution in [0.25, 0.3) is 0 Å². The van der Waals surface area contributed by atoms with Crippen molar-refractivity contribution in [3.05, 3.63) is 64.9 Å². The van der Waals surface area contributed by atoms with Crippen LogP contribution in [-0.4, -0.2) is 38.6 Å². The summed E-state index contributed by atoms with van der Waals surface area (Å²) in [5.41, 5.74) is 2.67. The number of benzene rings is 2. The molecule has 6 heteroatoms. The number of hydrogen-bond donors (Lipinski definition) is 0. The molecule has 0 saturated carbocycles. The first-order valence-corrected chi connectivity index (χ1v) is 8.72. The van der Waals surface area contributed by atoms with Crippen LogP contribution in [0.2, 0.25) is 0 Å². The predicted octanol–water partition coefficient (Wildman–Crippen LogP) is 3.85. The predicted molar refractivity (Wildman–Crippen MR) is 106 cm³/mol. The molecule has 2 aromatic rings. The number of carbonyl (C=O) groups excluding carboxylic acids is 2. The van der Waals surface area contributed by atoms with Crippen molar-refractivity contribution in [2.75, 3.05) is 21.3 Å². The van der Waals surface area contributed by atoms with Gasteiger partial charge in [-0.25, -0.2) is 0 Å². The Morgan fingerprint density at radius 2 is 1.61 bits per heavy atom. The smallest absolute Gasteiger partial charge is 0.203 e. The lowest BCUT2D eigenvalue weighted by Gasteiger charge is -2.15. The lowest BCUT2D eigenvalue weighted by atomic mass is 9.92. The Hall–Kier alpha value is -3.41. The van der Waals surface area contributed by atoms with Crippen molar-refractivity contribution in [2.45, 2.75) is 13.3 Å². The molecule has 0 unspecified atom stereocenters. The molecular weight excluding hydrogens is 358 g/mol. The quantitative estimate of drug-likeness (QED) is 0.683. The van der Waals surface area contributed by atoms with Gasteiger partial charge in [-0.2, -0.15) is 0 Å². The summed E-state index contributed by atoms with van der Waals surface area (Å²) >= 11 is 0. The van der Waals surface area contributed by atoms with Crippen molar-refractivity contribution in [2.24, 2.45) is 4.99 Å². The van der Waals surface area contributed by atoms with Gasteiger partial charge in [-0.1, -0.05) is 18.2 Å². The zero-order valence-corrected chi connectivity index (χ0v) is 16.2. The number of Topliss-reactive ketones (excluding diaryl/α,β-unsaturated/α-hetero) is 1. The van der Waals surface area contributed by atoms with E-state index in [1.54, 1.807) is 30.5 Å². The van der Waals surface area contributed by atoms with Gasteiger partial charge in [0.15, 0.2) is 23.1 Å². The molecular formula is C22H21NO5. The molecule has 0 fully saturated rings.